The molecule has 1 atom stereocenters. The SMILES string of the molecule is CCOC(CN(CC(C)C)CC1CCCN1)OCC. The first kappa shape index (κ1) is 16.9. The second kappa shape index (κ2) is 9.70. The van der Waals surface area contributed by atoms with Crippen LogP contribution in [0.15, 0.2) is 0 Å². The molecule has 0 spiro atoms. The molecule has 0 aliphatic carbocycles. The van der Waals surface area contributed by atoms with Gasteiger partial charge in [-0.2, -0.15) is 0 Å². The zero-order chi connectivity index (χ0) is 14.1. The van der Waals surface area contributed by atoms with Crippen LogP contribution in [0.3, 0.4) is 0 Å². The van der Waals surface area contributed by atoms with Gasteiger partial charge >= 0.3 is 0 Å². The van der Waals surface area contributed by atoms with Crippen molar-refractivity contribution in [3.05, 3.63) is 0 Å². The number of hydrogen-bond donors (Lipinski definition) is 1. The van der Waals surface area contributed by atoms with Gasteiger partial charge in [0.2, 0.25) is 0 Å². The Labute approximate surface area is 118 Å². The fourth-order valence-electron chi connectivity index (χ4n) is 2.70. The maximum Gasteiger partial charge on any atom is 0.170 e. The zero-order valence-electron chi connectivity index (χ0n) is 13.2. The van der Waals surface area contributed by atoms with Crippen LogP contribution >= 0.6 is 0 Å². The Hall–Kier alpha value is -0.160. The summed E-state index contributed by atoms with van der Waals surface area (Å²) in [5.74, 6) is 0.672. The fourth-order valence-corrected chi connectivity index (χ4v) is 2.70. The van der Waals surface area contributed by atoms with E-state index in [1.165, 1.54) is 19.4 Å². The van der Waals surface area contributed by atoms with Gasteiger partial charge in [-0.05, 0) is 39.2 Å². The molecule has 1 rings (SSSR count). The van der Waals surface area contributed by atoms with E-state index in [1.807, 2.05) is 13.8 Å². The molecule has 1 heterocycles. The highest BCUT2D eigenvalue weighted by molar-refractivity contribution is 4.78. The van der Waals surface area contributed by atoms with E-state index in [-0.39, 0.29) is 6.29 Å². The molecule has 1 aliphatic rings. The molecule has 1 fully saturated rings. The van der Waals surface area contributed by atoms with E-state index >= 15 is 0 Å². The Morgan fingerprint density at radius 2 is 1.84 bits per heavy atom. The second-order valence-corrected chi connectivity index (χ2v) is 5.75. The van der Waals surface area contributed by atoms with Crippen LogP contribution in [0.4, 0.5) is 0 Å². The van der Waals surface area contributed by atoms with Gasteiger partial charge in [-0.25, -0.2) is 0 Å². The Balaban J connectivity index is 2.45. The van der Waals surface area contributed by atoms with Gasteiger partial charge < -0.3 is 14.8 Å². The summed E-state index contributed by atoms with van der Waals surface area (Å²) >= 11 is 0. The van der Waals surface area contributed by atoms with Crippen LogP contribution in [-0.4, -0.2) is 56.6 Å². The van der Waals surface area contributed by atoms with Crippen molar-refractivity contribution in [3.8, 4) is 0 Å². The van der Waals surface area contributed by atoms with Crippen LogP contribution in [0.1, 0.15) is 40.5 Å². The normalized spacial score (nSPS) is 20.1. The molecule has 0 aromatic carbocycles. The van der Waals surface area contributed by atoms with Crippen molar-refractivity contribution in [3.63, 3.8) is 0 Å². The summed E-state index contributed by atoms with van der Waals surface area (Å²) in [4.78, 5) is 2.49. The minimum Gasteiger partial charge on any atom is -0.352 e. The van der Waals surface area contributed by atoms with Gasteiger partial charge in [-0.15, -0.1) is 0 Å². The van der Waals surface area contributed by atoms with Gasteiger partial charge in [0.15, 0.2) is 6.29 Å². The first-order valence-corrected chi connectivity index (χ1v) is 7.84. The third kappa shape index (κ3) is 7.25. The maximum absolute atomic E-state index is 5.67. The topological polar surface area (TPSA) is 33.7 Å². The number of ether oxygens (including phenoxy) is 2. The molecule has 1 N–H and O–H groups in total. The largest absolute Gasteiger partial charge is 0.352 e. The predicted molar refractivity (Wildman–Crippen MR) is 79.3 cm³/mol. The molecule has 1 saturated heterocycles. The lowest BCUT2D eigenvalue weighted by molar-refractivity contribution is -0.148. The molecule has 114 valence electrons. The van der Waals surface area contributed by atoms with Crippen LogP contribution < -0.4 is 5.32 Å². The van der Waals surface area contributed by atoms with Crippen molar-refractivity contribution in [2.45, 2.75) is 52.9 Å². The number of nitrogens with one attached hydrogen (secondary N) is 1. The number of nitrogens with zero attached hydrogens (tertiary/aromatic N) is 1. The molecular weight excluding hydrogens is 240 g/mol. The predicted octanol–water partition coefficient (Wildman–Crippen LogP) is 2.10. The van der Waals surface area contributed by atoms with Crippen molar-refractivity contribution in [1.29, 1.82) is 0 Å². The average molecular weight is 272 g/mol. The minimum absolute atomic E-state index is 0.0878. The lowest BCUT2D eigenvalue weighted by atomic mass is 10.1. The van der Waals surface area contributed by atoms with E-state index in [0.29, 0.717) is 25.2 Å². The Morgan fingerprint density at radius 3 is 2.32 bits per heavy atom. The first-order valence-electron chi connectivity index (χ1n) is 7.84. The summed E-state index contributed by atoms with van der Waals surface area (Å²) in [6.07, 6.45) is 2.51. The summed E-state index contributed by atoms with van der Waals surface area (Å²) in [5.41, 5.74) is 0. The van der Waals surface area contributed by atoms with Crippen LogP contribution in [0.5, 0.6) is 0 Å². The molecule has 0 bridgehead atoms. The molecule has 4 nitrogen and oxygen atoms in total. The van der Waals surface area contributed by atoms with E-state index in [0.717, 1.165) is 19.6 Å². The van der Waals surface area contributed by atoms with Crippen LogP contribution in [-0.2, 0) is 9.47 Å². The summed E-state index contributed by atoms with van der Waals surface area (Å²) < 4.78 is 11.3. The first-order chi connectivity index (χ1) is 9.15. The van der Waals surface area contributed by atoms with E-state index in [1.54, 1.807) is 0 Å². The van der Waals surface area contributed by atoms with E-state index in [9.17, 15) is 0 Å². The Morgan fingerprint density at radius 1 is 1.16 bits per heavy atom. The third-order valence-corrected chi connectivity index (χ3v) is 3.38. The van der Waals surface area contributed by atoms with Gasteiger partial charge in [0.25, 0.3) is 0 Å². The van der Waals surface area contributed by atoms with Gasteiger partial charge in [-0.1, -0.05) is 13.8 Å². The molecular formula is C15H32N2O2. The van der Waals surface area contributed by atoms with Crippen molar-refractivity contribution in [2.24, 2.45) is 5.92 Å². The minimum atomic E-state index is -0.0878. The van der Waals surface area contributed by atoms with Crippen molar-refractivity contribution in [1.82, 2.24) is 10.2 Å². The monoisotopic (exact) mass is 272 g/mol. The van der Waals surface area contributed by atoms with Crippen LogP contribution in [0.25, 0.3) is 0 Å². The molecule has 0 radical (unpaired) electrons. The number of hydrogen-bond acceptors (Lipinski definition) is 4. The van der Waals surface area contributed by atoms with Gasteiger partial charge in [0, 0.05) is 38.9 Å². The lowest BCUT2D eigenvalue weighted by Crippen LogP contribution is -2.44. The van der Waals surface area contributed by atoms with Crippen LogP contribution in [0.2, 0.25) is 0 Å². The highest BCUT2D eigenvalue weighted by Gasteiger charge is 2.21. The Bertz CT molecular complexity index is 212. The number of rotatable bonds is 10. The zero-order valence-corrected chi connectivity index (χ0v) is 13.2. The quantitative estimate of drug-likeness (QED) is 0.618. The maximum atomic E-state index is 5.67. The fraction of sp³-hybridized carbons (Fsp3) is 1.00. The summed E-state index contributed by atoms with van der Waals surface area (Å²) in [6, 6.07) is 0.641. The van der Waals surface area contributed by atoms with E-state index < -0.39 is 0 Å². The summed E-state index contributed by atoms with van der Waals surface area (Å²) in [6.45, 7) is 14.3. The van der Waals surface area contributed by atoms with Gasteiger partial charge in [-0.3, -0.25) is 4.90 Å². The Kier molecular flexibility index (Phi) is 8.62. The summed E-state index contributed by atoms with van der Waals surface area (Å²) in [5, 5.41) is 3.57. The molecule has 0 aromatic heterocycles. The molecule has 0 aromatic rings. The third-order valence-electron chi connectivity index (χ3n) is 3.38. The average Bonchev–Trinajstić information content (AvgIpc) is 2.81. The second-order valence-electron chi connectivity index (χ2n) is 5.75. The molecule has 1 unspecified atom stereocenters. The summed E-state index contributed by atoms with van der Waals surface area (Å²) in [7, 11) is 0. The van der Waals surface area contributed by atoms with Crippen molar-refractivity contribution < 1.29 is 9.47 Å². The highest BCUT2D eigenvalue weighted by atomic mass is 16.7. The highest BCUT2D eigenvalue weighted by Crippen LogP contribution is 2.10. The smallest absolute Gasteiger partial charge is 0.170 e. The molecule has 1 aliphatic heterocycles. The molecule has 4 heteroatoms. The molecule has 0 amide bonds. The van der Waals surface area contributed by atoms with E-state index in [4.69, 9.17) is 9.47 Å². The van der Waals surface area contributed by atoms with Crippen LogP contribution in [0, 0.1) is 5.92 Å². The molecule has 19 heavy (non-hydrogen) atoms. The van der Waals surface area contributed by atoms with Gasteiger partial charge in [0.05, 0.1) is 0 Å². The standard InChI is InChI=1S/C15H32N2O2/c1-5-18-15(19-6-2)12-17(10-13(3)4)11-14-8-7-9-16-14/h13-16H,5-12H2,1-4H3. The lowest BCUT2D eigenvalue weighted by Gasteiger charge is -2.30. The van der Waals surface area contributed by atoms with Gasteiger partial charge in [0.1, 0.15) is 0 Å². The van der Waals surface area contributed by atoms with E-state index in [2.05, 4.69) is 24.1 Å². The van der Waals surface area contributed by atoms with Crippen molar-refractivity contribution in [2.75, 3.05) is 39.4 Å². The molecule has 0 saturated carbocycles. The van der Waals surface area contributed by atoms with Crippen molar-refractivity contribution >= 4 is 0 Å².